The summed E-state index contributed by atoms with van der Waals surface area (Å²) < 4.78 is 0. The van der Waals surface area contributed by atoms with E-state index >= 15 is 0 Å². The second-order valence-corrected chi connectivity index (χ2v) is 4.84. The second kappa shape index (κ2) is 3.04. The van der Waals surface area contributed by atoms with Crippen molar-refractivity contribution in [2.24, 2.45) is 5.92 Å². The highest BCUT2D eigenvalue weighted by molar-refractivity contribution is 7.16. The molecule has 1 heterocycles. The number of hydrogen-bond donors (Lipinski definition) is 1. The van der Waals surface area contributed by atoms with Crippen LogP contribution in [0.4, 0.5) is 5.00 Å². The van der Waals surface area contributed by atoms with Crippen molar-refractivity contribution in [1.82, 2.24) is 0 Å². The lowest BCUT2D eigenvalue weighted by molar-refractivity contribution is 0.506. The van der Waals surface area contributed by atoms with Gasteiger partial charge >= 0.3 is 0 Å². The first-order valence-corrected chi connectivity index (χ1v) is 5.34. The number of nitrogens with zero attached hydrogens (tertiary/aromatic N) is 1. The summed E-state index contributed by atoms with van der Waals surface area (Å²) in [7, 11) is 0. The Morgan fingerprint density at radius 2 is 2.38 bits per heavy atom. The number of anilines is 1. The molecule has 0 radical (unpaired) electrons. The largest absolute Gasteiger partial charge is 0.389 e. The van der Waals surface area contributed by atoms with Crippen LogP contribution >= 0.6 is 11.3 Å². The van der Waals surface area contributed by atoms with Gasteiger partial charge in [-0.25, -0.2) is 0 Å². The summed E-state index contributed by atoms with van der Waals surface area (Å²) in [5.41, 5.74) is 7.74. The van der Waals surface area contributed by atoms with Gasteiger partial charge in [-0.15, -0.1) is 11.3 Å². The Bertz CT molecular complexity index is 373. The molecule has 1 aromatic heterocycles. The van der Waals surface area contributed by atoms with Gasteiger partial charge < -0.3 is 5.73 Å². The molecule has 0 saturated carbocycles. The fraction of sp³-hybridized carbons (Fsp3) is 0.500. The van der Waals surface area contributed by atoms with Gasteiger partial charge in [0.2, 0.25) is 0 Å². The average molecular weight is 192 g/mol. The Labute approximate surface area is 82.0 Å². The van der Waals surface area contributed by atoms with Crippen LogP contribution in [0, 0.1) is 17.2 Å². The summed E-state index contributed by atoms with van der Waals surface area (Å²) in [4.78, 5) is 1.34. The molecule has 1 aliphatic rings. The van der Waals surface area contributed by atoms with E-state index in [2.05, 4.69) is 13.0 Å². The van der Waals surface area contributed by atoms with Gasteiger partial charge in [-0.2, -0.15) is 5.26 Å². The minimum absolute atomic E-state index is 0.702. The van der Waals surface area contributed by atoms with Crippen molar-refractivity contribution in [3.8, 4) is 6.07 Å². The van der Waals surface area contributed by atoms with Crippen LogP contribution in [0.5, 0.6) is 0 Å². The molecule has 0 bridgehead atoms. The van der Waals surface area contributed by atoms with Crippen molar-refractivity contribution in [1.29, 1.82) is 5.26 Å². The van der Waals surface area contributed by atoms with E-state index in [9.17, 15) is 0 Å². The maximum Gasteiger partial charge on any atom is 0.104 e. The molecule has 1 atom stereocenters. The molecule has 1 aromatic rings. The summed E-state index contributed by atoms with van der Waals surface area (Å²) in [6.45, 7) is 2.23. The molecule has 0 aliphatic heterocycles. The molecule has 3 heteroatoms. The fourth-order valence-electron chi connectivity index (χ4n) is 1.90. The normalized spacial score (nSPS) is 20.8. The van der Waals surface area contributed by atoms with E-state index in [1.807, 2.05) is 0 Å². The Morgan fingerprint density at radius 1 is 1.62 bits per heavy atom. The monoisotopic (exact) mass is 192 g/mol. The van der Waals surface area contributed by atoms with Crippen molar-refractivity contribution in [2.75, 3.05) is 5.73 Å². The van der Waals surface area contributed by atoms with Gasteiger partial charge in [0.25, 0.3) is 0 Å². The lowest BCUT2D eigenvalue weighted by Crippen LogP contribution is -2.09. The third-order valence-corrected chi connectivity index (χ3v) is 3.77. The minimum Gasteiger partial charge on any atom is -0.389 e. The van der Waals surface area contributed by atoms with Crippen molar-refractivity contribution in [3.05, 3.63) is 16.0 Å². The van der Waals surface area contributed by atoms with E-state index in [1.165, 1.54) is 16.9 Å². The fourth-order valence-corrected chi connectivity index (χ4v) is 2.97. The highest BCUT2D eigenvalue weighted by atomic mass is 32.1. The topological polar surface area (TPSA) is 49.8 Å². The van der Waals surface area contributed by atoms with E-state index < -0.39 is 0 Å². The Morgan fingerprint density at radius 3 is 3.08 bits per heavy atom. The molecular formula is C10H12N2S. The summed E-state index contributed by atoms with van der Waals surface area (Å²) in [5.74, 6) is 0.702. The van der Waals surface area contributed by atoms with Crippen LogP contribution in [0.2, 0.25) is 0 Å². The molecule has 0 amide bonds. The van der Waals surface area contributed by atoms with Crippen LogP contribution in [-0.4, -0.2) is 0 Å². The predicted molar refractivity (Wildman–Crippen MR) is 54.6 cm³/mol. The summed E-state index contributed by atoms with van der Waals surface area (Å²) in [5, 5.41) is 9.64. The van der Waals surface area contributed by atoms with E-state index in [1.54, 1.807) is 11.3 Å². The van der Waals surface area contributed by atoms with Gasteiger partial charge in [-0.05, 0) is 30.7 Å². The van der Waals surface area contributed by atoms with Gasteiger partial charge in [-0.1, -0.05) is 6.92 Å². The maximum atomic E-state index is 8.93. The number of nitrogen functional groups attached to an aromatic ring is 1. The Hall–Kier alpha value is -1.01. The first-order chi connectivity index (χ1) is 6.22. The number of hydrogen-bond acceptors (Lipinski definition) is 3. The summed E-state index contributed by atoms with van der Waals surface area (Å²) in [6.07, 6.45) is 3.37. The lowest BCUT2D eigenvalue weighted by Gasteiger charge is -2.17. The predicted octanol–water partition coefficient (Wildman–Crippen LogP) is 2.33. The molecule has 2 N–H and O–H groups in total. The van der Waals surface area contributed by atoms with Crippen molar-refractivity contribution in [2.45, 2.75) is 26.2 Å². The van der Waals surface area contributed by atoms with E-state index in [4.69, 9.17) is 11.0 Å². The second-order valence-electron chi connectivity index (χ2n) is 3.70. The van der Waals surface area contributed by atoms with Crippen LogP contribution in [-0.2, 0) is 12.8 Å². The van der Waals surface area contributed by atoms with Crippen LogP contribution in [0.15, 0.2) is 0 Å². The number of thiophene rings is 1. The summed E-state index contributed by atoms with van der Waals surface area (Å²) in [6, 6.07) is 2.21. The van der Waals surface area contributed by atoms with Gasteiger partial charge in [0, 0.05) is 4.88 Å². The number of rotatable bonds is 0. The van der Waals surface area contributed by atoms with E-state index in [-0.39, 0.29) is 0 Å². The highest BCUT2D eigenvalue weighted by Gasteiger charge is 2.22. The number of nitriles is 1. The van der Waals surface area contributed by atoms with Gasteiger partial charge in [0.1, 0.15) is 11.1 Å². The first-order valence-electron chi connectivity index (χ1n) is 4.52. The van der Waals surface area contributed by atoms with Crippen LogP contribution in [0.3, 0.4) is 0 Å². The average Bonchev–Trinajstić information content (AvgIpc) is 2.40. The van der Waals surface area contributed by atoms with Gasteiger partial charge in [-0.3, -0.25) is 0 Å². The summed E-state index contributed by atoms with van der Waals surface area (Å²) >= 11 is 1.60. The zero-order valence-electron chi connectivity index (χ0n) is 7.63. The molecule has 0 unspecified atom stereocenters. The SMILES string of the molecule is C[C@H]1CCc2sc(N)c(C#N)c2C1. The third-order valence-electron chi connectivity index (χ3n) is 2.65. The standard InChI is InChI=1S/C10H12N2S/c1-6-2-3-9-7(4-6)8(5-11)10(12)13-9/h6H,2-4,12H2,1H3/t6-/m0/s1. The molecule has 2 nitrogen and oxygen atoms in total. The number of aryl methyl sites for hydroxylation is 1. The number of nitrogens with two attached hydrogens (primary N) is 1. The molecule has 0 aromatic carbocycles. The quantitative estimate of drug-likeness (QED) is 0.685. The van der Waals surface area contributed by atoms with Crippen LogP contribution < -0.4 is 5.73 Å². The lowest BCUT2D eigenvalue weighted by atomic mass is 9.88. The maximum absolute atomic E-state index is 8.93. The molecule has 0 spiro atoms. The minimum atomic E-state index is 0.702. The molecule has 13 heavy (non-hydrogen) atoms. The van der Waals surface area contributed by atoms with Gasteiger partial charge in [0.15, 0.2) is 0 Å². The molecule has 1 aliphatic carbocycles. The molecular weight excluding hydrogens is 180 g/mol. The zero-order valence-corrected chi connectivity index (χ0v) is 8.45. The highest BCUT2D eigenvalue weighted by Crippen LogP contribution is 2.37. The van der Waals surface area contributed by atoms with Gasteiger partial charge in [0.05, 0.1) is 5.56 Å². The molecule has 68 valence electrons. The van der Waals surface area contributed by atoms with E-state index in [0.29, 0.717) is 10.9 Å². The van der Waals surface area contributed by atoms with E-state index in [0.717, 1.165) is 18.4 Å². The molecule has 0 fully saturated rings. The van der Waals surface area contributed by atoms with Crippen LogP contribution in [0.25, 0.3) is 0 Å². The zero-order chi connectivity index (χ0) is 9.42. The van der Waals surface area contributed by atoms with Crippen LogP contribution in [0.1, 0.15) is 29.3 Å². The van der Waals surface area contributed by atoms with Crippen molar-refractivity contribution >= 4 is 16.3 Å². The van der Waals surface area contributed by atoms with Crippen molar-refractivity contribution in [3.63, 3.8) is 0 Å². The number of fused-ring (bicyclic) bond motifs is 1. The first kappa shape index (κ1) is 8.58. The molecule has 2 rings (SSSR count). The Kier molecular flexibility index (Phi) is 2.01. The third kappa shape index (κ3) is 1.31. The Balaban J connectivity index is 2.50. The van der Waals surface area contributed by atoms with Crippen molar-refractivity contribution < 1.29 is 0 Å². The molecule has 0 saturated heterocycles. The smallest absolute Gasteiger partial charge is 0.104 e.